The molecular formula is C15H22O4S. The molecular weight excluding hydrogens is 276 g/mol. The minimum absolute atomic E-state index is 0.0279. The number of rotatable bonds is 3. The highest BCUT2D eigenvalue weighted by Gasteiger charge is 2.44. The largest absolute Gasteiger partial charge is 0.350 e. The van der Waals surface area contributed by atoms with Gasteiger partial charge in [0.2, 0.25) is 0 Å². The second-order valence-corrected chi connectivity index (χ2v) is 8.24. The van der Waals surface area contributed by atoms with E-state index in [0.717, 1.165) is 0 Å². The van der Waals surface area contributed by atoms with E-state index in [0.29, 0.717) is 11.5 Å². The van der Waals surface area contributed by atoms with E-state index in [2.05, 4.69) is 0 Å². The van der Waals surface area contributed by atoms with Gasteiger partial charge in [-0.05, 0) is 39.8 Å². The average Bonchev–Trinajstić information content (AvgIpc) is 2.33. The zero-order valence-corrected chi connectivity index (χ0v) is 13.2. The monoisotopic (exact) mass is 298 g/mol. The highest BCUT2D eigenvalue weighted by molar-refractivity contribution is 7.91. The topological polar surface area (TPSA) is 52.6 Å². The normalized spacial score (nSPS) is 25.3. The van der Waals surface area contributed by atoms with Crippen LogP contribution < -0.4 is 0 Å². The zero-order valence-electron chi connectivity index (χ0n) is 12.4. The van der Waals surface area contributed by atoms with Crippen LogP contribution >= 0.6 is 0 Å². The van der Waals surface area contributed by atoms with Gasteiger partial charge in [0.25, 0.3) is 0 Å². The first kappa shape index (κ1) is 15.5. The van der Waals surface area contributed by atoms with Crippen LogP contribution in [0.4, 0.5) is 0 Å². The predicted octanol–water partition coefficient (Wildman–Crippen LogP) is 2.64. The molecule has 0 N–H and O–H groups in total. The maximum absolute atomic E-state index is 12.4. The van der Waals surface area contributed by atoms with Gasteiger partial charge in [-0.15, -0.1) is 0 Å². The summed E-state index contributed by atoms with van der Waals surface area (Å²) in [6, 6.07) is 8.51. The Morgan fingerprint density at radius 2 is 1.75 bits per heavy atom. The van der Waals surface area contributed by atoms with E-state index >= 15 is 0 Å². The summed E-state index contributed by atoms with van der Waals surface area (Å²) in [5.74, 6) is -0.836. The molecule has 1 aliphatic heterocycles. The van der Waals surface area contributed by atoms with E-state index in [1.54, 1.807) is 30.3 Å². The first-order chi connectivity index (χ1) is 9.12. The van der Waals surface area contributed by atoms with E-state index in [-0.39, 0.29) is 11.7 Å². The van der Waals surface area contributed by atoms with Crippen molar-refractivity contribution in [1.29, 1.82) is 0 Å². The lowest BCUT2D eigenvalue weighted by molar-refractivity contribution is -0.319. The van der Waals surface area contributed by atoms with E-state index in [4.69, 9.17) is 9.47 Å². The fourth-order valence-corrected chi connectivity index (χ4v) is 4.28. The van der Waals surface area contributed by atoms with Gasteiger partial charge in [-0.25, -0.2) is 8.42 Å². The van der Waals surface area contributed by atoms with Crippen LogP contribution in [0.15, 0.2) is 35.2 Å². The molecule has 4 nitrogen and oxygen atoms in total. The summed E-state index contributed by atoms with van der Waals surface area (Å²) in [5.41, 5.74) is -0.538. The molecule has 1 heterocycles. The van der Waals surface area contributed by atoms with Crippen molar-refractivity contribution in [3.8, 4) is 0 Å². The maximum Gasteiger partial charge on any atom is 0.178 e. The Morgan fingerprint density at radius 1 is 1.15 bits per heavy atom. The van der Waals surface area contributed by atoms with E-state index in [1.807, 2.05) is 27.7 Å². The quantitative estimate of drug-likeness (QED) is 0.861. The fourth-order valence-electron chi connectivity index (χ4n) is 2.49. The van der Waals surface area contributed by atoms with Gasteiger partial charge < -0.3 is 9.47 Å². The van der Waals surface area contributed by atoms with Gasteiger partial charge >= 0.3 is 0 Å². The molecule has 1 aromatic rings. The van der Waals surface area contributed by atoms with Crippen molar-refractivity contribution in [1.82, 2.24) is 0 Å². The van der Waals surface area contributed by atoms with Crippen LogP contribution in [-0.2, 0) is 19.3 Å². The maximum atomic E-state index is 12.4. The van der Waals surface area contributed by atoms with Gasteiger partial charge in [0.1, 0.15) is 0 Å². The van der Waals surface area contributed by atoms with Crippen LogP contribution in [0.25, 0.3) is 0 Å². The first-order valence-electron chi connectivity index (χ1n) is 6.74. The Kier molecular flexibility index (Phi) is 3.97. The molecule has 0 aliphatic carbocycles. The molecule has 0 bridgehead atoms. The summed E-state index contributed by atoms with van der Waals surface area (Å²) in [6.07, 6.45) is 0. The van der Waals surface area contributed by atoms with Gasteiger partial charge in [0.05, 0.1) is 22.9 Å². The predicted molar refractivity (Wildman–Crippen MR) is 77.2 cm³/mol. The first-order valence-corrected chi connectivity index (χ1v) is 8.40. The molecule has 0 spiro atoms. The van der Waals surface area contributed by atoms with Crippen molar-refractivity contribution in [2.24, 2.45) is 5.92 Å². The summed E-state index contributed by atoms with van der Waals surface area (Å²) in [6.45, 7) is 7.91. The zero-order chi connectivity index (χ0) is 15.0. The third-order valence-corrected chi connectivity index (χ3v) is 5.48. The summed E-state index contributed by atoms with van der Waals surface area (Å²) >= 11 is 0. The van der Waals surface area contributed by atoms with E-state index in [9.17, 15) is 8.42 Å². The highest BCUT2D eigenvalue weighted by atomic mass is 32.2. The van der Waals surface area contributed by atoms with Crippen LogP contribution in [0, 0.1) is 5.92 Å². The van der Waals surface area contributed by atoms with Crippen molar-refractivity contribution < 1.29 is 17.9 Å². The van der Waals surface area contributed by atoms with Gasteiger partial charge in [-0.1, -0.05) is 18.2 Å². The Hall–Kier alpha value is -0.910. The van der Waals surface area contributed by atoms with Gasteiger partial charge in [0.15, 0.2) is 15.6 Å². The molecule has 1 aliphatic rings. The Morgan fingerprint density at radius 3 is 2.30 bits per heavy atom. The van der Waals surface area contributed by atoms with Gasteiger partial charge in [-0.3, -0.25) is 0 Å². The summed E-state index contributed by atoms with van der Waals surface area (Å²) < 4.78 is 36.4. The smallest absolute Gasteiger partial charge is 0.178 e. The second-order valence-electron chi connectivity index (χ2n) is 6.21. The Labute approximate surface area is 121 Å². The molecule has 1 saturated heterocycles. The number of hydrogen-bond acceptors (Lipinski definition) is 4. The van der Waals surface area contributed by atoms with Crippen LogP contribution in [0.1, 0.15) is 27.7 Å². The molecule has 0 aromatic heterocycles. The molecule has 20 heavy (non-hydrogen) atoms. The number of sulfone groups is 1. The molecule has 1 atom stereocenters. The third-order valence-electron chi connectivity index (χ3n) is 3.65. The molecule has 5 heteroatoms. The summed E-state index contributed by atoms with van der Waals surface area (Å²) in [7, 11) is -3.33. The highest BCUT2D eigenvalue weighted by Crippen LogP contribution is 2.35. The molecule has 0 amide bonds. The van der Waals surface area contributed by atoms with Crippen molar-refractivity contribution in [2.75, 3.05) is 12.4 Å². The lowest BCUT2D eigenvalue weighted by atomic mass is 9.91. The van der Waals surface area contributed by atoms with Gasteiger partial charge in [-0.2, -0.15) is 0 Å². The lowest BCUT2D eigenvalue weighted by Gasteiger charge is -2.46. The van der Waals surface area contributed by atoms with Crippen molar-refractivity contribution in [3.05, 3.63) is 30.3 Å². The summed E-state index contributed by atoms with van der Waals surface area (Å²) in [4.78, 5) is 0.348. The average molecular weight is 298 g/mol. The molecule has 0 radical (unpaired) electrons. The number of benzene rings is 1. The Balaban J connectivity index is 2.18. The van der Waals surface area contributed by atoms with Crippen molar-refractivity contribution in [2.45, 2.75) is 44.0 Å². The minimum Gasteiger partial charge on any atom is -0.350 e. The van der Waals surface area contributed by atoms with Crippen LogP contribution in [0.5, 0.6) is 0 Å². The molecule has 1 fully saturated rings. The van der Waals surface area contributed by atoms with E-state index < -0.39 is 21.2 Å². The standard InChI is InChI=1S/C15H22O4S/c1-14(2)12(10-18-15(3,4)19-14)11-20(16,17)13-8-6-5-7-9-13/h5-9,12H,10-11H2,1-4H3/t12-/m0/s1. The fraction of sp³-hybridized carbons (Fsp3) is 0.600. The molecule has 2 rings (SSSR count). The second kappa shape index (κ2) is 5.13. The van der Waals surface area contributed by atoms with Gasteiger partial charge in [0, 0.05) is 5.92 Å². The van der Waals surface area contributed by atoms with E-state index in [1.165, 1.54) is 0 Å². The molecule has 0 saturated carbocycles. The van der Waals surface area contributed by atoms with Crippen LogP contribution in [0.3, 0.4) is 0 Å². The minimum atomic E-state index is -3.33. The van der Waals surface area contributed by atoms with Crippen LogP contribution in [-0.4, -0.2) is 32.2 Å². The van der Waals surface area contributed by atoms with Crippen molar-refractivity contribution >= 4 is 9.84 Å². The molecule has 112 valence electrons. The Bertz CT molecular complexity index is 561. The van der Waals surface area contributed by atoms with Crippen molar-refractivity contribution in [3.63, 3.8) is 0 Å². The molecule has 1 aromatic carbocycles. The number of ether oxygens (including phenoxy) is 2. The summed E-state index contributed by atoms with van der Waals surface area (Å²) in [5, 5.41) is 0. The van der Waals surface area contributed by atoms with Crippen LogP contribution in [0.2, 0.25) is 0 Å². The SMILES string of the molecule is CC1(C)OC[C@@H](CS(=O)(=O)c2ccccc2)C(C)(C)O1. The number of hydrogen-bond donors (Lipinski definition) is 0. The lowest BCUT2D eigenvalue weighted by Crippen LogP contribution is -2.53. The third kappa shape index (κ3) is 3.40. The molecule has 0 unspecified atom stereocenters.